The van der Waals surface area contributed by atoms with Crippen LogP contribution in [0.15, 0.2) is 28.7 Å². The number of hydrogen-bond donors (Lipinski definition) is 1. The number of aliphatic hydroxyl groups excluding tert-OH is 1. The summed E-state index contributed by atoms with van der Waals surface area (Å²) in [6.45, 7) is 3.90. The van der Waals surface area contributed by atoms with Crippen molar-refractivity contribution in [3.8, 4) is 0 Å². The summed E-state index contributed by atoms with van der Waals surface area (Å²) in [6, 6.07) is 8.16. The highest BCUT2D eigenvalue weighted by molar-refractivity contribution is 6.04. The van der Waals surface area contributed by atoms with Gasteiger partial charge in [0.15, 0.2) is 0 Å². The lowest BCUT2D eigenvalue weighted by Gasteiger charge is -2.21. The van der Waals surface area contributed by atoms with Crippen molar-refractivity contribution in [3.05, 3.63) is 35.6 Å². The van der Waals surface area contributed by atoms with E-state index in [1.165, 1.54) is 12.8 Å². The molecule has 0 amide bonds. The third-order valence-corrected chi connectivity index (χ3v) is 4.41. The minimum absolute atomic E-state index is 0.219. The molecule has 1 aromatic carbocycles. The molecule has 1 aromatic heterocycles. The van der Waals surface area contributed by atoms with Crippen LogP contribution in [0.4, 0.5) is 0 Å². The molecule has 5 nitrogen and oxygen atoms in total. The van der Waals surface area contributed by atoms with Crippen LogP contribution in [-0.2, 0) is 11.3 Å². The zero-order chi connectivity index (χ0) is 16.9. The van der Waals surface area contributed by atoms with Crippen LogP contribution in [0.2, 0.25) is 0 Å². The lowest BCUT2D eigenvalue weighted by Crippen LogP contribution is -2.27. The van der Waals surface area contributed by atoms with Gasteiger partial charge in [-0.2, -0.15) is 0 Å². The number of benzene rings is 1. The molecule has 0 saturated heterocycles. The molecular weight excluding hydrogens is 306 g/mol. The first-order chi connectivity index (χ1) is 11.7. The van der Waals surface area contributed by atoms with E-state index in [1.54, 1.807) is 0 Å². The third-order valence-electron chi connectivity index (χ3n) is 4.41. The first-order valence-electron chi connectivity index (χ1n) is 8.77. The van der Waals surface area contributed by atoms with Crippen molar-refractivity contribution in [2.45, 2.75) is 45.2 Å². The van der Waals surface area contributed by atoms with E-state index < -0.39 is 0 Å². The monoisotopic (exact) mass is 331 g/mol. The first kappa shape index (κ1) is 17.0. The fourth-order valence-corrected chi connectivity index (χ4v) is 3.08. The molecule has 2 aromatic rings. The molecule has 1 aliphatic rings. The molecule has 130 valence electrons. The third kappa shape index (κ3) is 3.79. The second-order valence-electron chi connectivity index (χ2n) is 6.25. The number of para-hydroxylation sites is 1. The highest BCUT2D eigenvalue weighted by atomic mass is 16.5. The van der Waals surface area contributed by atoms with Gasteiger partial charge in [-0.3, -0.25) is 4.90 Å². The number of nitrogens with zero attached hydrogens (tertiary/aromatic N) is 1. The largest absolute Gasteiger partial charge is 0.462 e. The van der Waals surface area contributed by atoms with Gasteiger partial charge in [-0.15, -0.1) is 0 Å². The molecule has 5 heteroatoms. The van der Waals surface area contributed by atoms with E-state index in [2.05, 4.69) is 4.90 Å². The maximum absolute atomic E-state index is 12.4. The van der Waals surface area contributed by atoms with Crippen LogP contribution in [0.5, 0.6) is 0 Å². The second kappa shape index (κ2) is 7.81. The van der Waals surface area contributed by atoms with Gasteiger partial charge in [0.2, 0.25) is 0 Å². The van der Waals surface area contributed by atoms with E-state index in [1.807, 2.05) is 31.2 Å². The second-order valence-corrected chi connectivity index (χ2v) is 6.25. The van der Waals surface area contributed by atoms with Gasteiger partial charge in [0, 0.05) is 18.0 Å². The summed E-state index contributed by atoms with van der Waals surface area (Å²) in [5.41, 5.74) is 1.28. The number of furan rings is 1. The molecule has 1 saturated carbocycles. The van der Waals surface area contributed by atoms with Crippen LogP contribution in [0.3, 0.4) is 0 Å². The van der Waals surface area contributed by atoms with Crippen LogP contribution in [0.25, 0.3) is 11.0 Å². The van der Waals surface area contributed by atoms with Crippen LogP contribution in [-0.4, -0.2) is 41.8 Å². The van der Waals surface area contributed by atoms with Gasteiger partial charge < -0.3 is 14.3 Å². The fourth-order valence-electron chi connectivity index (χ4n) is 3.08. The quantitative estimate of drug-likeness (QED) is 0.564. The summed E-state index contributed by atoms with van der Waals surface area (Å²) in [4.78, 5) is 14.8. The van der Waals surface area contributed by atoms with Crippen molar-refractivity contribution in [1.29, 1.82) is 0 Å². The normalized spacial score (nSPS) is 14.5. The van der Waals surface area contributed by atoms with Gasteiger partial charge in [-0.05, 0) is 45.2 Å². The van der Waals surface area contributed by atoms with E-state index in [0.29, 0.717) is 30.5 Å². The zero-order valence-corrected chi connectivity index (χ0v) is 14.2. The van der Waals surface area contributed by atoms with E-state index in [9.17, 15) is 4.79 Å². The minimum atomic E-state index is -0.316. The van der Waals surface area contributed by atoms with Gasteiger partial charge in [-0.25, -0.2) is 4.79 Å². The topological polar surface area (TPSA) is 62.9 Å². The Bertz CT molecular complexity index is 690. The van der Waals surface area contributed by atoms with Crippen LogP contribution >= 0.6 is 0 Å². The summed E-state index contributed by atoms with van der Waals surface area (Å²) in [6.07, 6.45) is 4.12. The Morgan fingerprint density at radius 1 is 1.33 bits per heavy atom. The number of esters is 1. The smallest absolute Gasteiger partial charge is 0.342 e. The SMILES string of the molecule is CCOC(=O)c1c(CN(CCCCO)C2CC2)oc2ccccc12. The number of rotatable bonds is 9. The van der Waals surface area contributed by atoms with Crippen molar-refractivity contribution < 1.29 is 19.1 Å². The van der Waals surface area contributed by atoms with Crippen molar-refractivity contribution in [2.24, 2.45) is 0 Å². The molecule has 0 unspecified atom stereocenters. The maximum atomic E-state index is 12.4. The number of hydrogen-bond acceptors (Lipinski definition) is 5. The Hall–Kier alpha value is -1.85. The Labute approximate surface area is 142 Å². The highest BCUT2D eigenvalue weighted by Gasteiger charge is 2.31. The van der Waals surface area contributed by atoms with Crippen molar-refractivity contribution in [3.63, 3.8) is 0 Å². The Kier molecular flexibility index (Phi) is 5.53. The zero-order valence-electron chi connectivity index (χ0n) is 14.2. The molecule has 0 radical (unpaired) electrons. The Morgan fingerprint density at radius 2 is 2.12 bits per heavy atom. The molecule has 3 rings (SSSR count). The molecule has 0 aliphatic heterocycles. The molecular formula is C19H25NO4. The standard InChI is InChI=1S/C19H25NO4/c1-2-23-19(22)18-15-7-3-4-8-16(15)24-17(18)13-20(14-9-10-14)11-5-6-12-21/h3-4,7-8,14,21H,2,5-6,9-13H2,1H3. The summed E-state index contributed by atoms with van der Waals surface area (Å²) in [7, 11) is 0. The van der Waals surface area contributed by atoms with Crippen LogP contribution < -0.4 is 0 Å². The van der Waals surface area contributed by atoms with Gasteiger partial charge in [0.25, 0.3) is 0 Å². The first-order valence-corrected chi connectivity index (χ1v) is 8.77. The van der Waals surface area contributed by atoms with E-state index in [4.69, 9.17) is 14.3 Å². The van der Waals surface area contributed by atoms with Gasteiger partial charge in [0.05, 0.1) is 13.2 Å². The van der Waals surface area contributed by atoms with Crippen molar-refractivity contribution in [2.75, 3.05) is 19.8 Å². The summed E-state index contributed by atoms with van der Waals surface area (Å²) in [5.74, 6) is 0.370. The highest BCUT2D eigenvalue weighted by Crippen LogP contribution is 2.32. The number of fused-ring (bicyclic) bond motifs is 1. The molecule has 1 N–H and O–H groups in total. The molecule has 24 heavy (non-hydrogen) atoms. The summed E-state index contributed by atoms with van der Waals surface area (Å²) < 4.78 is 11.2. The van der Waals surface area contributed by atoms with Gasteiger partial charge >= 0.3 is 5.97 Å². The summed E-state index contributed by atoms with van der Waals surface area (Å²) >= 11 is 0. The maximum Gasteiger partial charge on any atom is 0.342 e. The summed E-state index contributed by atoms with van der Waals surface area (Å²) in [5, 5.41) is 9.81. The fraction of sp³-hybridized carbons (Fsp3) is 0.526. The number of unbranched alkanes of at least 4 members (excludes halogenated alkanes) is 1. The number of carbonyl (C=O) groups excluding carboxylic acids is 1. The number of carbonyl (C=O) groups is 1. The molecule has 1 aliphatic carbocycles. The Balaban J connectivity index is 1.86. The van der Waals surface area contributed by atoms with E-state index in [-0.39, 0.29) is 12.6 Å². The average Bonchev–Trinajstić information content (AvgIpc) is 3.35. The van der Waals surface area contributed by atoms with Gasteiger partial charge in [-0.1, -0.05) is 18.2 Å². The molecule has 1 heterocycles. The Morgan fingerprint density at radius 3 is 2.83 bits per heavy atom. The lowest BCUT2D eigenvalue weighted by atomic mass is 10.1. The predicted octanol–water partition coefficient (Wildman–Crippen LogP) is 3.35. The molecule has 1 fully saturated rings. The van der Waals surface area contributed by atoms with Crippen molar-refractivity contribution >= 4 is 16.9 Å². The average molecular weight is 331 g/mol. The number of aliphatic hydroxyl groups is 1. The van der Waals surface area contributed by atoms with Crippen molar-refractivity contribution in [1.82, 2.24) is 4.90 Å². The van der Waals surface area contributed by atoms with Gasteiger partial charge in [0.1, 0.15) is 16.9 Å². The van der Waals surface area contributed by atoms with Crippen LogP contribution in [0, 0.1) is 0 Å². The number of ether oxygens (including phenoxy) is 1. The minimum Gasteiger partial charge on any atom is -0.462 e. The van der Waals surface area contributed by atoms with E-state index in [0.717, 1.165) is 30.4 Å². The van der Waals surface area contributed by atoms with E-state index >= 15 is 0 Å². The van der Waals surface area contributed by atoms with Crippen LogP contribution in [0.1, 0.15) is 48.7 Å². The lowest BCUT2D eigenvalue weighted by molar-refractivity contribution is 0.0523. The predicted molar refractivity (Wildman–Crippen MR) is 91.9 cm³/mol. The molecule has 0 bridgehead atoms. The molecule has 0 spiro atoms. The molecule has 0 atom stereocenters.